The van der Waals surface area contributed by atoms with Crippen LogP contribution in [0, 0.1) is 23.5 Å². The number of nitrogens with one attached hydrogen (secondary N) is 9. The summed E-state index contributed by atoms with van der Waals surface area (Å²) in [5.74, 6) is 2.51. The molecular weight excluding hydrogens is 1090 g/mol. The molecule has 0 radical (unpaired) electrons. The highest BCUT2D eigenvalue weighted by molar-refractivity contribution is 5.86. The topological polar surface area (TPSA) is 222 Å². The van der Waals surface area contributed by atoms with Crippen LogP contribution in [0.15, 0.2) is 183 Å². The standard InChI is InChI=1S/C65H45F3N16O2/c66-65(67,68)42-20-53(33-70-32-42)78-51-23-54(83-63(30-51)81-46-7-3-39-13-16-73-58(39)26-46)34-74-48-17-40-4-8-43(18-41(40)19-48)76-50-22-55(84-62(29-50)80-45-6-2-38-12-15-72-57(38)25-45)35-75-64-36-85-60-27-47(9-10-59(60)86-64)77-49-21-52(31-69)82-61(28-49)79-44-5-1-37-11-14-71-56(37)24-44/h1-16,18,20-30,32-33,48,64,76,78,83-84H,17,19,36H2,(H3,71,72,73,77,79,80,81,82)/p+2. The summed E-state index contributed by atoms with van der Waals surface area (Å²) < 4.78 is 53.4. The molecule has 0 fully saturated rings. The van der Waals surface area contributed by atoms with Gasteiger partial charge in [0, 0.05) is 123 Å². The summed E-state index contributed by atoms with van der Waals surface area (Å²) in [5, 5.41) is 33.1. The summed E-state index contributed by atoms with van der Waals surface area (Å²) in [7, 11) is 0. The zero-order chi connectivity index (χ0) is 58.1. The van der Waals surface area contributed by atoms with Crippen molar-refractivity contribution in [1.82, 2.24) is 34.9 Å². The summed E-state index contributed by atoms with van der Waals surface area (Å²) in [5.41, 5.74) is 11.3. The first-order valence-electron chi connectivity index (χ1n) is 27.3. The Morgan fingerprint density at radius 1 is 0.477 bits per heavy atom. The fourth-order valence-corrected chi connectivity index (χ4v) is 10.4. The lowest BCUT2D eigenvalue weighted by Gasteiger charge is -2.19. The van der Waals surface area contributed by atoms with E-state index >= 15 is 0 Å². The number of hydrogen-bond acceptors (Lipinski definition) is 13. The second kappa shape index (κ2) is 22.0. The van der Waals surface area contributed by atoms with Crippen molar-refractivity contribution < 1.29 is 22.6 Å². The number of halogens is 3. The van der Waals surface area contributed by atoms with Gasteiger partial charge < -0.3 is 56.3 Å². The van der Waals surface area contributed by atoms with Crippen LogP contribution >= 0.6 is 0 Å². The van der Waals surface area contributed by atoms with E-state index in [1.54, 1.807) is 24.3 Å². The summed E-state index contributed by atoms with van der Waals surface area (Å²) in [6.45, 7) is 0.110. The fraction of sp³-hybridized carbons (Fsp3) is 0.0923. The number of hydrogen-bond donors (Lipinski definition) is 9. The molecule has 8 heterocycles. The summed E-state index contributed by atoms with van der Waals surface area (Å²) in [6, 6.07) is 55.4. The molecule has 12 aromatic rings. The minimum Gasteiger partial charge on any atom is -0.477 e. The molecule has 2 aliphatic rings. The Balaban J connectivity index is 0.676. The molecule has 0 saturated heterocycles. The number of anilines is 12. The lowest BCUT2D eigenvalue weighted by Crippen LogP contribution is -2.25. The number of aromatic nitrogens is 7. The second-order valence-electron chi connectivity index (χ2n) is 20.6. The first-order valence-corrected chi connectivity index (χ1v) is 27.3. The highest BCUT2D eigenvalue weighted by Gasteiger charge is 2.32. The third-order valence-electron chi connectivity index (χ3n) is 14.4. The quantitative estimate of drug-likeness (QED) is 0.0556. The van der Waals surface area contributed by atoms with E-state index in [1.807, 2.05) is 128 Å². The number of benzene rings is 5. The van der Waals surface area contributed by atoms with Gasteiger partial charge in [0.2, 0.25) is 6.61 Å². The minimum absolute atomic E-state index is 0.110. The molecule has 2 atom stereocenters. The third kappa shape index (κ3) is 11.7. The van der Waals surface area contributed by atoms with Gasteiger partial charge in [-0.3, -0.25) is 4.98 Å². The van der Waals surface area contributed by atoms with Gasteiger partial charge in [-0.25, -0.2) is 15.0 Å². The number of ether oxygens (including phenoxy) is 2. The Bertz CT molecular complexity index is 4790. The van der Waals surface area contributed by atoms with Gasteiger partial charge >= 0.3 is 24.5 Å². The molecule has 18 nitrogen and oxygen atoms in total. The lowest BCUT2D eigenvalue weighted by molar-refractivity contribution is -0.137. The Morgan fingerprint density at radius 3 is 1.56 bits per heavy atom. The average Bonchev–Trinajstić information content (AvgIpc) is 4.30. The Morgan fingerprint density at radius 2 is 0.977 bits per heavy atom. The number of nitrogens with zero attached hydrogens (tertiary/aromatic N) is 7. The number of rotatable bonds is 12. The molecule has 1 aliphatic heterocycles. The van der Waals surface area contributed by atoms with Crippen molar-refractivity contribution in [2.24, 2.45) is 0 Å². The molecule has 0 saturated carbocycles. The molecule has 0 bridgehead atoms. The van der Waals surface area contributed by atoms with E-state index in [1.165, 1.54) is 6.20 Å². The third-order valence-corrected chi connectivity index (χ3v) is 14.4. The van der Waals surface area contributed by atoms with Crippen LogP contribution in [0.5, 0.6) is 11.5 Å². The largest absolute Gasteiger partial charge is 0.477 e. The number of aromatic amines is 3. The fourth-order valence-electron chi connectivity index (χ4n) is 10.4. The van der Waals surface area contributed by atoms with Crippen LogP contribution in [0.2, 0.25) is 0 Å². The lowest BCUT2D eigenvalue weighted by atomic mass is 10.1. The van der Waals surface area contributed by atoms with Crippen molar-refractivity contribution in [3.63, 3.8) is 0 Å². The van der Waals surface area contributed by atoms with Gasteiger partial charge in [-0.2, -0.15) is 18.4 Å². The summed E-state index contributed by atoms with van der Waals surface area (Å²) >= 11 is 0. The molecule has 418 valence electrons. The maximum Gasteiger partial charge on any atom is 0.448 e. The van der Waals surface area contributed by atoms with Crippen molar-refractivity contribution in [2.75, 3.05) is 38.5 Å². The predicted octanol–water partition coefficient (Wildman–Crippen LogP) is 15.4. The van der Waals surface area contributed by atoms with Crippen molar-refractivity contribution in [3.8, 4) is 29.7 Å². The smallest absolute Gasteiger partial charge is 0.448 e. The molecule has 1 aliphatic carbocycles. The van der Waals surface area contributed by atoms with Crippen LogP contribution in [0.3, 0.4) is 0 Å². The molecule has 7 aromatic heterocycles. The van der Waals surface area contributed by atoms with Gasteiger partial charge in [0.15, 0.2) is 22.9 Å². The van der Waals surface area contributed by atoms with Crippen molar-refractivity contribution in [3.05, 3.63) is 226 Å². The van der Waals surface area contributed by atoms with E-state index in [4.69, 9.17) is 24.3 Å². The molecule has 9 N–H and O–H groups in total. The molecule has 0 amide bonds. The highest BCUT2D eigenvalue weighted by atomic mass is 19.4. The number of H-pyrrole nitrogens is 3. The predicted molar refractivity (Wildman–Crippen MR) is 328 cm³/mol. The van der Waals surface area contributed by atoms with E-state index in [9.17, 15) is 18.4 Å². The number of pyridine rings is 4. The number of fused-ring (bicyclic) bond motifs is 5. The van der Waals surface area contributed by atoms with E-state index in [2.05, 4.69) is 92.0 Å². The molecule has 0 spiro atoms. The van der Waals surface area contributed by atoms with Crippen LogP contribution < -0.4 is 41.4 Å². The number of alkyl halides is 3. The first-order chi connectivity index (χ1) is 42.0. The normalized spacial score (nSPS) is 14.1. The SMILES string of the molecule is N#Cc1cc(Nc2ccc3c(c2)OCC([N+]#Cc2cc(Nc4ccc5c(c4)CC([N+]#Cc4cc(Nc6cncc(C(F)(F)F)c6)cc(Nc6ccc7cc[nH]c7c6)n4)C5)cc(Nc4ccc5cc[nH]c5c4)n2)O3)cc(Nc2ccc3cc[nH]c3c2)n1. The van der Waals surface area contributed by atoms with Gasteiger partial charge in [-0.1, -0.05) is 29.1 Å². The van der Waals surface area contributed by atoms with Gasteiger partial charge in [0.25, 0.3) is 6.04 Å². The Labute approximate surface area is 487 Å². The van der Waals surface area contributed by atoms with Gasteiger partial charge in [0.1, 0.15) is 29.2 Å². The number of nitriles is 1. The highest BCUT2D eigenvalue weighted by Crippen LogP contribution is 2.38. The maximum atomic E-state index is 13.6. The molecule has 21 heteroatoms. The molecule has 86 heavy (non-hydrogen) atoms. The van der Waals surface area contributed by atoms with Crippen molar-refractivity contribution in [2.45, 2.75) is 31.3 Å². The maximum absolute atomic E-state index is 13.6. The van der Waals surface area contributed by atoms with Crippen molar-refractivity contribution >= 4 is 101 Å². The van der Waals surface area contributed by atoms with Crippen LogP contribution in [-0.4, -0.2) is 53.8 Å². The van der Waals surface area contributed by atoms with E-state index in [0.717, 1.165) is 84.5 Å². The second-order valence-corrected chi connectivity index (χ2v) is 20.6. The first kappa shape index (κ1) is 52.1. The molecule has 14 rings (SSSR count). The average molecular weight is 1140 g/mol. The van der Waals surface area contributed by atoms with Crippen molar-refractivity contribution in [1.29, 1.82) is 5.26 Å². The van der Waals surface area contributed by atoms with E-state index in [0.29, 0.717) is 70.2 Å². The zero-order valence-corrected chi connectivity index (χ0v) is 45.2. The van der Waals surface area contributed by atoms with Crippen LogP contribution in [-0.2, 0) is 19.0 Å². The van der Waals surface area contributed by atoms with Gasteiger partial charge in [-0.05, 0) is 123 Å². The van der Waals surface area contributed by atoms with Crippen LogP contribution in [0.4, 0.5) is 81.8 Å². The van der Waals surface area contributed by atoms with E-state index in [-0.39, 0.29) is 24.0 Å². The zero-order valence-electron chi connectivity index (χ0n) is 45.2. The molecular formula is C65H47F3N16O2+2. The van der Waals surface area contributed by atoms with Crippen LogP contribution in [0.25, 0.3) is 42.4 Å². The van der Waals surface area contributed by atoms with Gasteiger partial charge in [-0.15, -0.1) is 0 Å². The van der Waals surface area contributed by atoms with Gasteiger partial charge in [0.05, 0.1) is 30.3 Å². The molecule has 5 aromatic carbocycles. The van der Waals surface area contributed by atoms with E-state index < -0.39 is 18.0 Å². The van der Waals surface area contributed by atoms with Crippen LogP contribution in [0.1, 0.15) is 33.8 Å². The monoisotopic (exact) mass is 1140 g/mol. The Kier molecular flexibility index (Phi) is 13.3. The minimum atomic E-state index is -4.56. The Hall–Kier alpha value is -12.0. The summed E-state index contributed by atoms with van der Waals surface area (Å²) in [6.07, 6.45) is 3.77. The summed E-state index contributed by atoms with van der Waals surface area (Å²) in [4.78, 5) is 37.1. The molecule has 2 unspecified atom stereocenters.